The van der Waals surface area contributed by atoms with Crippen molar-refractivity contribution in [3.8, 4) is 5.75 Å². The average Bonchev–Trinajstić information content (AvgIpc) is 3.28. The molecule has 2 aromatic rings. The Morgan fingerprint density at radius 2 is 1.00 bits per heavy atom. The van der Waals surface area contributed by atoms with Crippen molar-refractivity contribution in [2.24, 2.45) is 35.0 Å². The molecule has 0 bridgehead atoms. The van der Waals surface area contributed by atoms with Crippen LogP contribution in [-0.2, 0) is 56.0 Å². The zero-order chi connectivity index (χ0) is 51.8. The number of carbonyl (C=O) groups is 9. The van der Waals surface area contributed by atoms with Crippen LogP contribution < -0.4 is 59.7 Å². The molecule has 0 saturated heterocycles. The van der Waals surface area contributed by atoms with Crippen LogP contribution in [-0.4, -0.2) is 120 Å². The SMILES string of the molecule is CC(C)C[C@H](NC(=O)CNC(=O)[C@@H](NC(=O)[C@H](CC(C)C)NC(=O)[C@H](Cc1ccc(O)cc1)NC(=O)[C@H](C)NC(=O)CN)C(C)C)C(=O)N[C@@H](Cc1ccccc1)C(=O)N[C@@H](CCCCN)C(N)=O. The third-order valence-electron chi connectivity index (χ3n) is 10.9. The van der Waals surface area contributed by atoms with E-state index in [0.29, 0.717) is 30.5 Å². The Morgan fingerprint density at radius 3 is 1.51 bits per heavy atom. The molecule has 7 atom stereocenters. The lowest BCUT2D eigenvalue weighted by molar-refractivity contribution is -0.135. The first kappa shape index (κ1) is 58.5. The zero-order valence-corrected chi connectivity index (χ0v) is 40.9. The summed E-state index contributed by atoms with van der Waals surface area (Å²) < 4.78 is 0. The maximum absolute atomic E-state index is 13.9. The summed E-state index contributed by atoms with van der Waals surface area (Å²) in [5, 5.41) is 30.8. The van der Waals surface area contributed by atoms with Crippen LogP contribution in [0, 0.1) is 17.8 Å². The van der Waals surface area contributed by atoms with Crippen LogP contribution in [0.2, 0.25) is 0 Å². The Kier molecular flexibility index (Phi) is 25.4. The van der Waals surface area contributed by atoms with Gasteiger partial charge < -0.3 is 64.8 Å². The van der Waals surface area contributed by atoms with Gasteiger partial charge >= 0.3 is 0 Å². The van der Waals surface area contributed by atoms with E-state index in [0.717, 1.165) is 0 Å². The highest BCUT2D eigenvalue weighted by Gasteiger charge is 2.34. The number of nitrogens with two attached hydrogens (primary N) is 3. The summed E-state index contributed by atoms with van der Waals surface area (Å²) >= 11 is 0. The van der Waals surface area contributed by atoms with E-state index >= 15 is 0 Å². The van der Waals surface area contributed by atoms with Gasteiger partial charge in [0.15, 0.2) is 0 Å². The maximum atomic E-state index is 13.9. The highest BCUT2D eigenvalue weighted by Crippen LogP contribution is 2.14. The smallest absolute Gasteiger partial charge is 0.243 e. The van der Waals surface area contributed by atoms with E-state index in [4.69, 9.17) is 17.2 Å². The molecule has 15 N–H and O–H groups in total. The van der Waals surface area contributed by atoms with Crippen LogP contribution in [0.3, 0.4) is 0 Å². The van der Waals surface area contributed by atoms with Crippen LogP contribution >= 0.6 is 0 Å². The topological polar surface area (TPSA) is 348 Å². The van der Waals surface area contributed by atoms with Crippen molar-refractivity contribution < 1.29 is 48.3 Å². The Balaban J connectivity index is 2.24. The molecule has 21 nitrogen and oxygen atoms in total. The Bertz CT molecular complexity index is 2020. The third kappa shape index (κ3) is 21.9. The lowest BCUT2D eigenvalue weighted by atomic mass is 9.99. The van der Waals surface area contributed by atoms with Crippen molar-refractivity contribution in [2.45, 2.75) is 136 Å². The maximum Gasteiger partial charge on any atom is 0.243 e. The summed E-state index contributed by atoms with van der Waals surface area (Å²) in [4.78, 5) is 120. The quantitative estimate of drug-likeness (QED) is 0.0421. The molecule has 0 unspecified atom stereocenters. The molecule has 382 valence electrons. The average molecular weight is 966 g/mol. The number of primary amides is 1. The first-order chi connectivity index (χ1) is 32.5. The van der Waals surface area contributed by atoms with Crippen molar-refractivity contribution in [3.63, 3.8) is 0 Å². The summed E-state index contributed by atoms with van der Waals surface area (Å²) in [5.41, 5.74) is 17.8. The summed E-state index contributed by atoms with van der Waals surface area (Å²) in [6.07, 6.45) is 1.69. The van der Waals surface area contributed by atoms with Crippen LogP contribution in [0.25, 0.3) is 0 Å². The third-order valence-corrected chi connectivity index (χ3v) is 10.9. The number of unbranched alkanes of at least 4 members (excludes halogenated alkanes) is 1. The highest BCUT2D eigenvalue weighted by molar-refractivity contribution is 5.97. The van der Waals surface area contributed by atoms with Gasteiger partial charge in [-0.05, 0) is 86.6 Å². The van der Waals surface area contributed by atoms with Crippen molar-refractivity contribution in [2.75, 3.05) is 19.6 Å². The summed E-state index contributed by atoms with van der Waals surface area (Å²) in [5.74, 6) is -7.04. The standard InChI is InChI=1S/C48H75N11O10/c1-27(2)21-35(44(65)58-38(23-31-13-9-8-10-14-31)45(66)55-34(42(51)63)15-11-12-20-49)54-40(62)26-52-48(69)41(29(5)6)59-47(68)36(22-28(3)4)57-46(67)37(24-32-16-18-33(60)19-17-32)56-43(64)30(7)53-39(61)25-50/h8-10,13-14,16-19,27-30,34-38,41,60H,11-12,15,20-26,49-50H2,1-7H3,(H2,51,63)(H,52,69)(H,53,61)(H,54,62)(H,55,66)(H,56,64)(H,57,67)(H,58,65)(H,59,68)/t30-,34-,35-,36-,37-,38-,41-/m0/s1. The Hall–Kier alpha value is -6.61. The summed E-state index contributed by atoms with van der Waals surface area (Å²) in [6.45, 7) is 11.5. The van der Waals surface area contributed by atoms with E-state index in [9.17, 15) is 48.3 Å². The molecule has 2 aromatic carbocycles. The van der Waals surface area contributed by atoms with Crippen molar-refractivity contribution in [3.05, 3.63) is 65.7 Å². The Morgan fingerprint density at radius 1 is 0.522 bits per heavy atom. The second kappa shape index (κ2) is 30.0. The van der Waals surface area contributed by atoms with E-state index in [2.05, 4.69) is 42.5 Å². The molecule has 0 heterocycles. The van der Waals surface area contributed by atoms with Crippen LogP contribution in [0.1, 0.15) is 91.7 Å². The number of amides is 9. The van der Waals surface area contributed by atoms with Gasteiger partial charge in [-0.1, -0.05) is 84.0 Å². The number of phenols is 1. The minimum absolute atomic E-state index is 0.0166. The normalized spacial score (nSPS) is 14.2. The fourth-order valence-electron chi connectivity index (χ4n) is 7.11. The Labute approximate surface area is 404 Å². The molecular weight excluding hydrogens is 891 g/mol. The number of benzene rings is 2. The minimum Gasteiger partial charge on any atom is -0.508 e. The number of carbonyl (C=O) groups excluding carboxylic acids is 9. The molecule has 21 heteroatoms. The monoisotopic (exact) mass is 966 g/mol. The molecule has 0 aliphatic heterocycles. The van der Waals surface area contributed by atoms with E-state index in [-0.39, 0.29) is 56.2 Å². The molecule has 0 radical (unpaired) electrons. The van der Waals surface area contributed by atoms with Gasteiger partial charge in [0.2, 0.25) is 53.2 Å². The fourth-order valence-corrected chi connectivity index (χ4v) is 7.11. The molecule has 69 heavy (non-hydrogen) atoms. The number of nitrogens with one attached hydrogen (secondary N) is 8. The lowest BCUT2D eigenvalue weighted by Crippen LogP contribution is -2.60. The van der Waals surface area contributed by atoms with E-state index in [1.165, 1.54) is 19.1 Å². The van der Waals surface area contributed by atoms with Crippen molar-refractivity contribution in [1.82, 2.24) is 42.5 Å². The van der Waals surface area contributed by atoms with Gasteiger partial charge in [0.1, 0.15) is 48.0 Å². The number of hydrogen-bond donors (Lipinski definition) is 12. The second-order valence-corrected chi connectivity index (χ2v) is 18.3. The number of phenolic OH excluding ortho intramolecular Hbond substituents is 1. The summed E-state index contributed by atoms with van der Waals surface area (Å²) in [6, 6.07) is 6.85. The minimum atomic E-state index is -1.25. The molecule has 9 amide bonds. The van der Waals surface area contributed by atoms with Crippen molar-refractivity contribution >= 4 is 53.2 Å². The van der Waals surface area contributed by atoms with Crippen LogP contribution in [0.5, 0.6) is 5.75 Å². The molecule has 0 aliphatic rings. The molecule has 0 aromatic heterocycles. The van der Waals surface area contributed by atoms with Crippen LogP contribution in [0.4, 0.5) is 0 Å². The molecular formula is C48H75N11O10. The van der Waals surface area contributed by atoms with E-state index in [1.807, 2.05) is 27.7 Å². The van der Waals surface area contributed by atoms with Gasteiger partial charge in [-0.2, -0.15) is 0 Å². The number of aromatic hydroxyl groups is 1. The van der Waals surface area contributed by atoms with Gasteiger partial charge in [0.25, 0.3) is 0 Å². The lowest BCUT2D eigenvalue weighted by Gasteiger charge is -2.28. The van der Waals surface area contributed by atoms with Gasteiger partial charge in [0, 0.05) is 12.8 Å². The number of hydrogen-bond acceptors (Lipinski definition) is 12. The molecule has 0 spiro atoms. The molecule has 0 aliphatic carbocycles. The molecule has 0 saturated carbocycles. The van der Waals surface area contributed by atoms with Crippen LogP contribution in [0.15, 0.2) is 54.6 Å². The van der Waals surface area contributed by atoms with Gasteiger partial charge in [-0.15, -0.1) is 0 Å². The first-order valence-electron chi connectivity index (χ1n) is 23.4. The van der Waals surface area contributed by atoms with Gasteiger partial charge in [-0.25, -0.2) is 0 Å². The fraction of sp³-hybridized carbons (Fsp3) is 0.562. The summed E-state index contributed by atoms with van der Waals surface area (Å²) in [7, 11) is 0. The largest absolute Gasteiger partial charge is 0.508 e. The first-order valence-corrected chi connectivity index (χ1v) is 23.4. The molecule has 2 rings (SSSR count). The van der Waals surface area contributed by atoms with Gasteiger partial charge in [0.05, 0.1) is 13.1 Å². The van der Waals surface area contributed by atoms with E-state index in [1.54, 1.807) is 56.3 Å². The molecule has 0 fully saturated rings. The van der Waals surface area contributed by atoms with E-state index < -0.39 is 108 Å². The predicted octanol–water partition coefficient (Wildman–Crippen LogP) is -0.972. The highest BCUT2D eigenvalue weighted by atomic mass is 16.3. The van der Waals surface area contributed by atoms with Gasteiger partial charge in [-0.3, -0.25) is 43.2 Å². The zero-order valence-electron chi connectivity index (χ0n) is 40.9. The van der Waals surface area contributed by atoms with Crippen molar-refractivity contribution in [1.29, 1.82) is 0 Å². The second-order valence-electron chi connectivity index (χ2n) is 18.3. The predicted molar refractivity (Wildman–Crippen MR) is 259 cm³/mol. The number of rotatable bonds is 30.